The molecule has 0 radical (unpaired) electrons. The summed E-state index contributed by atoms with van der Waals surface area (Å²) in [5, 5.41) is 20.5. The summed E-state index contributed by atoms with van der Waals surface area (Å²) in [6, 6.07) is 42.4. The summed E-state index contributed by atoms with van der Waals surface area (Å²) in [6.07, 6.45) is -0.245. The van der Waals surface area contributed by atoms with Gasteiger partial charge >= 0.3 is 0 Å². The molecule has 3 atom stereocenters. The second-order valence-corrected chi connectivity index (χ2v) is 16.6. The number of hydrogen-bond acceptors (Lipinski definition) is 7. The third-order valence-electron chi connectivity index (χ3n) is 12.0. The van der Waals surface area contributed by atoms with Crippen LogP contribution in [0.25, 0.3) is 65.3 Å². The maximum atomic E-state index is 11.7. The predicted molar refractivity (Wildman–Crippen MR) is 245 cm³/mol. The molecule has 0 bridgehead atoms. The molecule has 0 spiro atoms. The molecule has 3 unspecified atom stereocenters. The van der Waals surface area contributed by atoms with Crippen molar-refractivity contribution in [2.75, 3.05) is 39.6 Å². The summed E-state index contributed by atoms with van der Waals surface area (Å²) in [4.78, 5) is 0. The summed E-state index contributed by atoms with van der Waals surface area (Å²) in [5.41, 5.74) is 8.02. The first kappa shape index (κ1) is 39.0. The fraction of sp³-hybridized carbons (Fsp3) is 0.259. The van der Waals surface area contributed by atoms with Gasteiger partial charge in [0.1, 0.15) is 55.0 Å². The van der Waals surface area contributed by atoms with Crippen LogP contribution in [-0.4, -0.2) is 63.1 Å². The van der Waals surface area contributed by atoms with Crippen LogP contribution in [0, 0.1) is 27.7 Å². The van der Waals surface area contributed by atoms with E-state index in [0.717, 1.165) is 111 Å². The van der Waals surface area contributed by atoms with Gasteiger partial charge in [-0.05, 0) is 117 Å². The second kappa shape index (κ2) is 16.4. The molecule has 0 amide bonds. The SMILES string of the molecule is Cc1cc2ccccc2c(-c2c(OCC3CO3)c(C)cc3ccccc23)c1OCCC(O)COc1c(C)cc2ccccc2c1-c1c(OCC2CO2)c(C)cc2ccccc12. The largest absolute Gasteiger partial charge is 0.493 e. The topological polar surface area (TPSA) is 82.2 Å². The number of rotatable bonds is 15. The molecule has 0 aromatic heterocycles. The highest BCUT2D eigenvalue weighted by Crippen LogP contribution is 2.50. The van der Waals surface area contributed by atoms with Crippen LogP contribution in [0.5, 0.6) is 23.0 Å². The van der Waals surface area contributed by atoms with Crippen molar-refractivity contribution >= 4 is 43.1 Å². The van der Waals surface area contributed by atoms with Gasteiger partial charge < -0.3 is 33.5 Å². The zero-order valence-electron chi connectivity index (χ0n) is 35.1. The van der Waals surface area contributed by atoms with E-state index in [1.807, 2.05) is 0 Å². The average molecular weight is 811 g/mol. The number of aryl methyl sites for hydroxylation is 4. The summed E-state index contributed by atoms with van der Waals surface area (Å²) < 4.78 is 37.9. The van der Waals surface area contributed by atoms with Crippen molar-refractivity contribution in [3.05, 3.63) is 144 Å². The van der Waals surface area contributed by atoms with Crippen LogP contribution in [0.4, 0.5) is 0 Å². The Morgan fingerprint density at radius 2 is 0.787 bits per heavy atom. The minimum Gasteiger partial charge on any atom is -0.493 e. The van der Waals surface area contributed by atoms with Gasteiger partial charge in [0.05, 0.1) is 25.9 Å². The molecular weight excluding hydrogens is 761 g/mol. The molecule has 8 aromatic rings. The van der Waals surface area contributed by atoms with Crippen molar-refractivity contribution in [1.82, 2.24) is 0 Å². The van der Waals surface area contributed by atoms with Gasteiger partial charge in [0.15, 0.2) is 0 Å². The van der Waals surface area contributed by atoms with Crippen LogP contribution in [-0.2, 0) is 9.47 Å². The Balaban J connectivity index is 0.978. The Kier molecular flexibility index (Phi) is 10.5. The van der Waals surface area contributed by atoms with Gasteiger partial charge in [-0.3, -0.25) is 0 Å². The van der Waals surface area contributed by atoms with E-state index in [9.17, 15) is 5.11 Å². The van der Waals surface area contributed by atoms with E-state index in [0.29, 0.717) is 32.8 Å². The van der Waals surface area contributed by atoms with Gasteiger partial charge in [-0.1, -0.05) is 97.1 Å². The van der Waals surface area contributed by atoms with Gasteiger partial charge in [0.2, 0.25) is 0 Å². The van der Waals surface area contributed by atoms with Crippen LogP contribution in [0.15, 0.2) is 121 Å². The molecular formula is C54H50O7. The molecule has 308 valence electrons. The highest BCUT2D eigenvalue weighted by Gasteiger charge is 2.29. The van der Waals surface area contributed by atoms with Gasteiger partial charge in [-0.2, -0.15) is 0 Å². The molecule has 1 N–H and O–H groups in total. The molecule has 0 saturated carbocycles. The zero-order chi connectivity index (χ0) is 41.6. The van der Waals surface area contributed by atoms with E-state index in [4.69, 9.17) is 28.4 Å². The normalized spacial score (nSPS) is 16.3. The third-order valence-corrected chi connectivity index (χ3v) is 12.0. The minimum atomic E-state index is -0.808. The van der Waals surface area contributed by atoms with Crippen LogP contribution >= 0.6 is 0 Å². The van der Waals surface area contributed by atoms with Crippen LogP contribution < -0.4 is 18.9 Å². The standard InChI is InChI=1S/C54H50O7/c1-32-23-36-13-5-9-17-43(36)47(48-44-18-10-6-15-38(44)25-34(3)53(48)60-30-41-28-57-41)51(32)56-22-21-40(55)27-59-52-33(2)24-37-14-7-11-19-45(37)49(52)50-46-20-12-8-16-39(46)26-35(4)54(50)61-31-42-29-58-42/h5-20,23-26,40-42,55H,21-22,27-31H2,1-4H3. The molecule has 2 fully saturated rings. The Morgan fingerprint density at radius 1 is 0.475 bits per heavy atom. The lowest BCUT2D eigenvalue weighted by Crippen LogP contribution is -2.21. The van der Waals surface area contributed by atoms with E-state index >= 15 is 0 Å². The predicted octanol–water partition coefficient (Wildman–Crippen LogP) is 11.6. The molecule has 2 heterocycles. The molecule has 7 nitrogen and oxygen atoms in total. The molecule has 7 heteroatoms. The lowest BCUT2D eigenvalue weighted by Gasteiger charge is -2.24. The van der Waals surface area contributed by atoms with Crippen molar-refractivity contribution in [3.63, 3.8) is 0 Å². The molecule has 61 heavy (non-hydrogen) atoms. The first-order valence-corrected chi connectivity index (χ1v) is 21.3. The molecule has 2 aliphatic heterocycles. The van der Waals surface area contributed by atoms with Crippen molar-refractivity contribution in [2.45, 2.75) is 52.4 Å². The first-order chi connectivity index (χ1) is 29.8. The average Bonchev–Trinajstić information content (AvgIpc) is 4.21. The van der Waals surface area contributed by atoms with E-state index in [1.54, 1.807) is 0 Å². The van der Waals surface area contributed by atoms with Crippen molar-refractivity contribution in [2.24, 2.45) is 0 Å². The Morgan fingerprint density at radius 3 is 1.13 bits per heavy atom. The summed E-state index contributed by atoms with van der Waals surface area (Å²) in [6.45, 7) is 11.1. The highest BCUT2D eigenvalue weighted by molar-refractivity contribution is 6.12. The van der Waals surface area contributed by atoms with Gasteiger partial charge in [-0.25, -0.2) is 0 Å². The molecule has 0 aliphatic carbocycles. The van der Waals surface area contributed by atoms with E-state index in [2.05, 4.69) is 149 Å². The first-order valence-electron chi connectivity index (χ1n) is 21.3. The second-order valence-electron chi connectivity index (χ2n) is 16.6. The monoisotopic (exact) mass is 810 g/mol. The molecule has 8 aromatic carbocycles. The van der Waals surface area contributed by atoms with Crippen molar-refractivity contribution < 1.29 is 33.5 Å². The van der Waals surface area contributed by atoms with Crippen molar-refractivity contribution in [1.29, 1.82) is 0 Å². The smallest absolute Gasteiger partial charge is 0.130 e. The van der Waals surface area contributed by atoms with Gasteiger partial charge in [0.25, 0.3) is 0 Å². The van der Waals surface area contributed by atoms with E-state index < -0.39 is 6.10 Å². The van der Waals surface area contributed by atoms with E-state index in [1.165, 1.54) is 0 Å². The van der Waals surface area contributed by atoms with Crippen LogP contribution in [0.2, 0.25) is 0 Å². The lowest BCUT2D eigenvalue weighted by atomic mass is 9.89. The van der Waals surface area contributed by atoms with Gasteiger partial charge in [-0.15, -0.1) is 0 Å². The molecule has 2 aliphatic rings. The number of aliphatic hydroxyl groups excluding tert-OH is 1. The molecule has 2 saturated heterocycles. The fourth-order valence-corrected chi connectivity index (χ4v) is 8.85. The number of epoxide rings is 2. The Labute approximate surface area is 356 Å². The van der Waals surface area contributed by atoms with Gasteiger partial charge in [0, 0.05) is 28.7 Å². The quantitative estimate of drug-likeness (QED) is 0.103. The lowest BCUT2D eigenvalue weighted by molar-refractivity contribution is 0.0858. The number of fused-ring (bicyclic) bond motifs is 4. The zero-order valence-corrected chi connectivity index (χ0v) is 35.1. The molecule has 10 rings (SSSR count). The number of benzene rings is 8. The van der Waals surface area contributed by atoms with Crippen LogP contribution in [0.1, 0.15) is 28.7 Å². The van der Waals surface area contributed by atoms with Crippen LogP contribution in [0.3, 0.4) is 0 Å². The summed E-state index contributed by atoms with van der Waals surface area (Å²) in [7, 11) is 0. The number of ether oxygens (including phenoxy) is 6. The highest BCUT2D eigenvalue weighted by atomic mass is 16.6. The maximum absolute atomic E-state index is 11.7. The van der Waals surface area contributed by atoms with Crippen molar-refractivity contribution in [3.8, 4) is 45.3 Å². The summed E-state index contributed by atoms with van der Waals surface area (Å²) >= 11 is 0. The number of aliphatic hydroxyl groups is 1. The minimum absolute atomic E-state index is 0.0820. The maximum Gasteiger partial charge on any atom is 0.130 e. The third kappa shape index (κ3) is 7.74. The Hall–Kier alpha value is -6.12. The number of hydrogen-bond donors (Lipinski definition) is 1. The Bertz CT molecular complexity index is 2940. The fourth-order valence-electron chi connectivity index (χ4n) is 8.85. The summed E-state index contributed by atoms with van der Waals surface area (Å²) in [5.74, 6) is 3.16. The van der Waals surface area contributed by atoms with E-state index in [-0.39, 0.29) is 25.4 Å².